The summed E-state index contributed by atoms with van der Waals surface area (Å²) in [4.78, 5) is 0. The molecule has 0 radical (unpaired) electrons. The molecule has 70 valence electrons. The van der Waals surface area contributed by atoms with Crippen LogP contribution < -0.4 is 11.5 Å². The fraction of sp³-hybridized carbons (Fsp3) is 1.00. The zero-order valence-electron chi connectivity index (χ0n) is 8.59. The summed E-state index contributed by atoms with van der Waals surface area (Å²) in [5.74, 6) is 1.24. The van der Waals surface area contributed by atoms with E-state index in [1.54, 1.807) is 0 Å². The Morgan fingerprint density at radius 2 is 1.18 bits per heavy atom. The van der Waals surface area contributed by atoms with Crippen molar-refractivity contribution in [1.82, 2.24) is 0 Å². The van der Waals surface area contributed by atoms with E-state index < -0.39 is 0 Å². The van der Waals surface area contributed by atoms with Crippen LogP contribution in [0.15, 0.2) is 0 Å². The molecular weight excluding hydrogens is 136 g/mol. The summed E-state index contributed by atoms with van der Waals surface area (Å²) < 4.78 is 0. The Balaban J connectivity index is 0. The van der Waals surface area contributed by atoms with Gasteiger partial charge in [0.15, 0.2) is 0 Å². The van der Waals surface area contributed by atoms with Crippen LogP contribution in [0.25, 0.3) is 0 Å². The molecule has 4 N–H and O–H groups in total. The smallest absolute Gasteiger partial charge is 0.00851 e. The first kappa shape index (κ1) is 13.5. The van der Waals surface area contributed by atoms with Gasteiger partial charge < -0.3 is 11.5 Å². The van der Waals surface area contributed by atoms with Crippen molar-refractivity contribution in [2.24, 2.45) is 23.3 Å². The van der Waals surface area contributed by atoms with Gasteiger partial charge in [0, 0.05) is 6.04 Å². The van der Waals surface area contributed by atoms with Gasteiger partial charge in [-0.05, 0) is 18.4 Å². The van der Waals surface area contributed by atoms with E-state index >= 15 is 0 Å². The fourth-order valence-electron chi connectivity index (χ4n) is 0.770. The molecule has 0 heterocycles. The summed E-state index contributed by atoms with van der Waals surface area (Å²) in [5.41, 5.74) is 10.6. The van der Waals surface area contributed by atoms with E-state index in [1.807, 2.05) is 6.92 Å². The summed E-state index contributed by atoms with van der Waals surface area (Å²) in [7, 11) is 0. The van der Waals surface area contributed by atoms with Crippen molar-refractivity contribution < 1.29 is 0 Å². The molecule has 2 heteroatoms. The zero-order valence-corrected chi connectivity index (χ0v) is 8.59. The highest BCUT2D eigenvalue weighted by atomic mass is 14.6. The molecule has 0 rings (SSSR count). The zero-order chi connectivity index (χ0) is 9.44. The molecule has 0 unspecified atom stereocenters. The minimum absolute atomic E-state index is 0.370. The highest BCUT2D eigenvalue weighted by Gasteiger charge is 2.10. The van der Waals surface area contributed by atoms with Gasteiger partial charge in [0.1, 0.15) is 0 Å². The van der Waals surface area contributed by atoms with Gasteiger partial charge in [-0.25, -0.2) is 0 Å². The van der Waals surface area contributed by atoms with Gasteiger partial charge in [0.2, 0.25) is 0 Å². The molecule has 0 saturated heterocycles. The van der Waals surface area contributed by atoms with Crippen LogP contribution in [0.2, 0.25) is 0 Å². The Hall–Kier alpha value is -0.0800. The summed E-state index contributed by atoms with van der Waals surface area (Å²) in [6, 6.07) is 0.370. The Morgan fingerprint density at radius 1 is 1.00 bits per heavy atom. The van der Waals surface area contributed by atoms with E-state index in [1.165, 1.54) is 0 Å². The Labute approximate surface area is 71.3 Å². The lowest BCUT2D eigenvalue weighted by Crippen LogP contribution is -2.31. The van der Waals surface area contributed by atoms with E-state index in [0.29, 0.717) is 17.9 Å². The number of hydrogen-bond acceptors (Lipinski definition) is 2. The minimum Gasteiger partial charge on any atom is -0.331 e. The number of hydrogen-bond donors (Lipinski definition) is 2. The molecule has 2 nitrogen and oxygen atoms in total. The molecule has 11 heavy (non-hydrogen) atoms. The molecule has 0 aliphatic heterocycles. The Kier molecular flexibility index (Phi) is 9.85. The van der Waals surface area contributed by atoms with Crippen LogP contribution in [0.5, 0.6) is 0 Å². The van der Waals surface area contributed by atoms with Crippen molar-refractivity contribution in [2.75, 3.05) is 6.54 Å². The van der Waals surface area contributed by atoms with Crippen LogP contribution in [0.1, 0.15) is 34.6 Å². The quantitative estimate of drug-likeness (QED) is 0.644. The lowest BCUT2D eigenvalue weighted by molar-refractivity contribution is 0.386. The topological polar surface area (TPSA) is 52.0 Å². The standard InChI is InChI=1S/C7H17N.C2H7N/c1-5(2)7(8)6(3)4;1-2-3/h5-7H,8H2,1-4H3;2-3H2,1H3. The average molecular weight is 160 g/mol. The van der Waals surface area contributed by atoms with Gasteiger partial charge >= 0.3 is 0 Å². The summed E-state index contributed by atoms with van der Waals surface area (Å²) in [6.45, 7) is 11.3. The number of rotatable bonds is 2. The van der Waals surface area contributed by atoms with Crippen LogP contribution in [-0.2, 0) is 0 Å². The van der Waals surface area contributed by atoms with Gasteiger partial charge in [0.25, 0.3) is 0 Å². The molecule has 0 spiro atoms. The monoisotopic (exact) mass is 160 g/mol. The molecule has 0 fully saturated rings. The van der Waals surface area contributed by atoms with Crippen molar-refractivity contribution in [3.8, 4) is 0 Å². The van der Waals surface area contributed by atoms with E-state index in [2.05, 4.69) is 27.7 Å². The van der Waals surface area contributed by atoms with Gasteiger partial charge in [-0.2, -0.15) is 0 Å². The van der Waals surface area contributed by atoms with Gasteiger partial charge in [-0.3, -0.25) is 0 Å². The lowest BCUT2D eigenvalue weighted by Gasteiger charge is -2.18. The van der Waals surface area contributed by atoms with Crippen LogP contribution in [0.3, 0.4) is 0 Å². The molecule has 0 aromatic heterocycles. The van der Waals surface area contributed by atoms with Crippen LogP contribution in [0, 0.1) is 11.8 Å². The van der Waals surface area contributed by atoms with Gasteiger partial charge in [-0.15, -0.1) is 0 Å². The van der Waals surface area contributed by atoms with E-state index in [4.69, 9.17) is 11.5 Å². The van der Waals surface area contributed by atoms with Crippen LogP contribution in [-0.4, -0.2) is 12.6 Å². The maximum atomic E-state index is 5.76. The average Bonchev–Trinajstić information content (AvgIpc) is 1.87. The van der Waals surface area contributed by atoms with Gasteiger partial charge in [0.05, 0.1) is 0 Å². The second-order valence-electron chi connectivity index (χ2n) is 3.47. The third-order valence-electron chi connectivity index (χ3n) is 1.54. The van der Waals surface area contributed by atoms with Crippen molar-refractivity contribution >= 4 is 0 Å². The number of nitrogens with two attached hydrogens (primary N) is 2. The molecule has 0 aromatic rings. The van der Waals surface area contributed by atoms with Crippen molar-refractivity contribution in [3.63, 3.8) is 0 Å². The first-order valence-electron chi connectivity index (χ1n) is 4.42. The molecule has 0 bridgehead atoms. The van der Waals surface area contributed by atoms with E-state index in [-0.39, 0.29) is 0 Å². The van der Waals surface area contributed by atoms with Crippen molar-refractivity contribution in [3.05, 3.63) is 0 Å². The lowest BCUT2D eigenvalue weighted by atomic mass is 9.95. The van der Waals surface area contributed by atoms with Crippen LogP contribution >= 0.6 is 0 Å². The summed E-state index contributed by atoms with van der Waals surface area (Å²) >= 11 is 0. The molecule has 0 aliphatic rings. The molecule has 0 amide bonds. The second kappa shape index (κ2) is 8.02. The van der Waals surface area contributed by atoms with E-state index in [0.717, 1.165) is 6.54 Å². The molecule has 0 saturated carbocycles. The molecule has 0 atom stereocenters. The predicted molar refractivity (Wildman–Crippen MR) is 52.4 cm³/mol. The Bertz CT molecular complexity index is 62.0. The van der Waals surface area contributed by atoms with E-state index in [9.17, 15) is 0 Å². The largest absolute Gasteiger partial charge is 0.331 e. The third kappa shape index (κ3) is 9.92. The summed E-state index contributed by atoms with van der Waals surface area (Å²) in [6.07, 6.45) is 0. The second-order valence-corrected chi connectivity index (χ2v) is 3.47. The normalized spacial score (nSPS) is 10.4. The molecule has 0 aromatic carbocycles. The SMILES string of the molecule is CC(C)C(N)C(C)C.CCN. The Morgan fingerprint density at radius 3 is 1.18 bits per heavy atom. The highest BCUT2D eigenvalue weighted by Crippen LogP contribution is 2.07. The van der Waals surface area contributed by atoms with Crippen LogP contribution in [0.4, 0.5) is 0 Å². The maximum absolute atomic E-state index is 5.76. The third-order valence-corrected chi connectivity index (χ3v) is 1.54. The van der Waals surface area contributed by atoms with Crippen molar-refractivity contribution in [1.29, 1.82) is 0 Å². The fourth-order valence-corrected chi connectivity index (χ4v) is 0.770. The first-order valence-corrected chi connectivity index (χ1v) is 4.42. The van der Waals surface area contributed by atoms with Gasteiger partial charge in [-0.1, -0.05) is 34.6 Å². The van der Waals surface area contributed by atoms with Crippen molar-refractivity contribution in [2.45, 2.75) is 40.7 Å². The molecule has 0 aliphatic carbocycles. The molecular formula is C9H24N2. The summed E-state index contributed by atoms with van der Waals surface area (Å²) in [5, 5.41) is 0. The minimum atomic E-state index is 0.370. The highest BCUT2D eigenvalue weighted by molar-refractivity contribution is 4.67. The first-order chi connectivity index (χ1) is 4.97. The predicted octanol–water partition coefficient (Wildman–Crippen LogP) is 1.59. The maximum Gasteiger partial charge on any atom is 0.00851 e.